The van der Waals surface area contributed by atoms with Gasteiger partial charge < -0.3 is 4.74 Å². The topological polar surface area (TPSA) is 9.23 Å². The van der Waals surface area contributed by atoms with Gasteiger partial charge in [0.05, 0.1) is 6.61 Å². The minimum atomic E-state index is 0.577. The predicted octanol–water partition coefficient (Wildman–Crippen LogP) is 3.53. The number of ether oxygens (including phenoxy) is 1. The zero-order chi connectivity index (χ0) is 16.2. The molecule has 23 heavy (non-hydrogen) atoms. The molecule has 0 amide bonds. The van der Waals surface area contributed by atoms with Gasteiger partial charge in [0.25, 0.3) is 0 Å². The fourth-order valence-corrected chi connectivity index (χ4v) is 4.78. The summed E-state index contributed by atoms with van der Waals surface area (Å²) in [5, 5.41) is 0. The Morgan fingerprint density at radius 3 is 2.17 bits per heavy atom. The summed E-state index contributed by atoms with van der Waals surface area (Å²) in [6, 6.07) is 4.14. The molecule has 1 aromatic rings. The maximum absolute atomic E-state index is 6.32. The Bertz CT molecular complexity index is 515. The van der Waals surface area contributed by atoms with E-state index in [0.717, 1.165) is 23.0 Å². The first-order chi connectivity index (χ1) is 11.2. The highest BCUT2D eigenvalue weighted by molar-refractivity contribution is 6.50. The van der Waals surface area contributed by atoms with Crippen LogP contribution < -0.4 is 15.7 Å². The molecule has 0 N–H and O–H groups in total. The Hall–Kier alpha value is -0.850. The lowest BCUT2D eigenvalue weighted by Crippen LogP contribution is -2.33. The summed E-state index contributed by atoms with van der Waals surface area (Å²) < 4.78 is 5.55. The van der Waals surface area contributed by atoms with E-state index in [0.29, 0.717) is 18.0 Å². The second-order valence-electron chi connectivity index (χ2n) is 7.42. The average molecular weight is 306 g/mol. The first kappa shape index (κ1) is 17.0. The molecular formula is C20H28B2O. The third-order valence-corrected chi connectivity index (χ3v) is 6.11. The van der Waals surface area contributed by atoms with Crippen LogP contribution in [0.4, 0.5) is 0 Å². The molecule has 3 heteroatoms. The molecule has 0 atom stereocenters. The number of hydrogen-bond acceptors (Lipinski definition) is 1. The normalized spacial score (nSPS) is 26.1. The van der Waals surface area contributed by atoms with Crippen LogP contribution in [0.3, 0.4) is 0 Å². The van der Waals surface area contributed by atoms with E-state index in [4.69, 9.17) is 20.4 Å². The van der Waals surface area contributed by atoms with Gasteiger partial charge in [-0.05, 0) is 56.4 Å². The van der Waals surface area contributed by atoms with Crippen molar-refractivity contribution in [2.45, 2.75) is 70.6 Å². The van der Waals surface area contributed by atoms with E-state index in [2.05, 4.69) is 6.07 Å². The molecule has 0 unspecified atom stereocenters. The fraction of sp³-hybridized carbons (Fsp3) is 0.700. The second-order valence-corrected chi connectivity index (χ2v) is 7.42. The highest BCUT2D eigenvalue weighted by atomic mass is 16.5. The van der Waals surface area contributed by atoms with Gasteiger partial charge in [-0.3, -0.25) is 0 Å². The monoisotopic (exact) mass is 306 g/mol. The van der Waals surface area contributed by atoms with Crippen molar-refractivity contribution in [3.63, 3.8) is 0 Å². The standard InChI is InChI=1S/C20H28B2O/c1-2-23-18-13-12-17(19(21)20(18)22)16-10-8-15(9-11-16)14-6-4-3-5-7-14/h12-16H,2-11H2,1H3. The lowest BCUT2D eigenvalue weighted by atomic mass is 9.67. The first-order valence-corrected chi connectivity index (χ1v) is 9.51. The maximum Gasteiger partial charge on any atom is 0.118 e. The fourth-order valence-electron chi connectivity index (χ4n) is 4.78. The summed E-state index contributed by atoms with van der Waals surface area (Å²) in [6.45, 7) is 2.59. The van der Waals surface area contributed by atoms with Gasteiger partial charge in [-0.2, -0.15) is 0 Å². The van der Waals surface area contributed by atoms with Crippen molar-refractivity contribution >= 4 is 26.6 Å². The number of rotatable bonds is 4. The van der Waals surface area contributed by atoms with Crippen molar-refractivity contribution in [2.24, 2.45) is 11.8 Å². The summed E-state index contributed by atoms with van der Waals surface area (Å²) in [4.78, 5) is 0. The second kappa shape index (κ2) is 7.81. The van der Waals surface area contributed by atoms with Gasteiger partial charge in [-0.1, -0.05) is 54.7 Å². The van der Waals surface area contributed by atoms with Crippen LogP contribution in [0.25, 0.3) is 0 Å². The Labute approximate surface area is 144 Å². The Balaban J connectivity index is 1.64. The van der Waals surface area contributed by atoms with E-state index in [1.807, 2.05) is 13.0 Å². The molecule has 0 saturated heterocycles. The van der Waals surface area contributed by atoms with Crippen LogP contribution in [-0.4, -0.2) is 22.3 Å². The molecule has 0 spiro atoms. The van der Waals surface area contributed by atoms with E-state index in [1.54, 1.807) is 0 Å². The molecule has 2 fully saturated rings. The van der Waals surface area contributed by atoms with E-state index in [1.165, 1.54) is 63.4 Å². The molecule has 3 rings (SSSR count). The molecule has 0 heterocycles. The molecule has 0 aromatic heterocycles. The van der Waals surface area contributed by atoms with E-state index >= 15 is 0 Å². The van der Waals surface area contributed by atoms with Crippen LogP contribution in [0.15, 0.2) is 12.1 Å². The van der Waals surface area contributed by atoms with Crippen molar-refractivity contribution in [3.8, 4) is 5.75 Å². The van der Waals surface area contributed by atoms with Gasteiger partial charge >= 0.3 is 0 Å². The van der Waals surface area contributed by atoms with Crippen LogP contribution in [0.1, 0.15) is 76.2 Å². The lowest BCUT2D eigenvalue weighted by Gasteiger charge is -2.36. The van der Waals surface area contributed by atoms with Crippen molar-refractivity contribution < 1.29 is 4.74 Å². The van der Waals surface area contributed by atoms with Crippen LogP contribution in [0.2, 0.25) is 0 Å². The molecular weight excluding hydrogens is 278 g/mol. The van der Waals surface area contributed by atoms with Crippen LogP contribution >= 0.6 is 0 Å². The minimum absolute atomic E-state index is 0.577. The van der Waals surface area contributed by atoms with Crippen molar-refractivity contribution in [3.05, 3.63) is 17.7 Å². The third-order valence-electron chi connectivity index (χ3n) is 6.11. The van der Waals surface area contributed by atoms with Crippen molar-refractivity contribution in [1.29, 1.82) is 0 Å². The molecule has 0 aliphatic heterocycles. The highest BCUT2D eigenvalue weighted by Gasteiger charge is 2.29. The highest BCUT2D eigenvalue weighted by Crippen LogP contribution is 2.42. The molecule has 1 aromatic carbocycles. The van der Waals surface area contributed by atoms with Crippen LogP contribution in [0.5, 0.6) is 5.75 Å². The lowest BCUT2D eigenvalue weighted by molar-refractivity contribution is 0.186. The van der Waals surface area contributed by atoms with E-state index < -0.39 is 0 Å². The molecule has 2 aliphatic rings. The molecule has 120 valence electrons. The number of benzene rings is 1. The Morgan fingerprint density at radius 1 is 0.870 bits per heavy atom. The van der Waals surface area contributed by atoms with Gasteiger partial charge in [0.1, 0.15) is 21.4 Å². The number of hydrogen-bond donors (Lipinski definition) is 0. The van der Waals surface area contributed by atoms with Gasteiger partial charge in [0.15, 0.2) is 0 Å². The first-order valence-electron chi connectivity index (χ1n) is 9.51. The van der Waals surface area contributed by atoms with Crippen LogP contribution in [0, 0.1) is 11.8 Å². The molecule has 2 saturated carbocycles. The molecule has 0 bridgehead atoms. The maximum atomic E-state index is 6.32. The molecule has 4 radical (unpaired) electrons. The van der Waals surface area contributed by atoms with Gasteiger partial charge in [0, 0.05) is 0 Å². The minimum Gasteiger partial charge on any atom is -0.495 e. The van der Waals surface area contributed by atoms with Gasteiger partial charge in [-0.15, -0.1) is 0 Å². The molecule has 1 nitrogen and oxygen atoms in total. The summed E-state index contributed by atoms with van der Waals surface area (Å²) in [5.41, 5.74) is 2.61. The SMILES string of the molecule is [B]c1c(OCC)ccc(C2CCC(C3CCCCC3)CC2)c1[B]. The predicted molar refractivity (Wildman–Crippen MR) is 99.7 cm³/mol. The van der Waals surface area contributed by atoms with Crippen LogP contribution in [-0.2, 0) is 0 Å². The smallest absolute Gasteiger partial charge is 0.118 e. The third kappa shape index (κ3) is 3.80. The van der Waals surface area contributed by atoms with Crippen molar-refractivity contribution in [1.82, 2.24) is 0 Å². The van der Waals surface area contributed by atoms with E-state index in [9.17, 15) is 0 Å². The van der Waals surface area contributed by atoms with Gasteiger partial charge in [0.2, 0.25) is 0 Å². The average Bonchev–Trinajstić information content (AvgIpc) is 2.60. The quantitative estimate of drug-likeness (QED) is 0.773. The Kier molecular flexibility index (Phi) is 5.77. The Morgan fingerprint density at radius 2 is 1.52 bits per heavy atom. The molecule has 2 aliphatic carbocycles. The summed E-state index contributed by atoms with van der Waals surface area (Å²) in [5.74, 6) is 3.25. The summed E-state index contributed by atoms with van der Waals surface area (Å²) >= 11 is 0. The van der Waals surface area contributed by atoms with Gasteiger partial charge in [-0.25, -0.2) is 0 Å². The summed E-state index contributed by atoms with van der Waals surface area (Å²) in [6.07, 6.45) is 12.5. The van der Waals surface area contributed by atoms with E-state index in [-0.39, 0.29) is 0 Å². The zero-order valence-electron chi connectivity index (χ0n) is 14.5. The largest absolute Gasteiger partial charge is 0.495 e. The zero-order valence-corrected chi connectivity index (χ0v) is 14.5. The summed E-state index contributed by atoms with van der Waals surface area (Å²) in [7, 11) is 12.5. The van der Waals surface area contributed by atoms with Crippen molar-refractivity contribution in [2.75, 3.05) is 6.61 Å².